The fraction of sp³-hybridized carbons (Fsp3) is 0.417. The SMILES string of the molecule is NCCN1CCN(c2ccccc2F)C(=O)C1. The van der Waals surface area contributed by atoms with Crippen molar-refractivity contribution in [3.63, 3.8) is 0 Å². The standard InChI is InChI=1S/C12H16FN3O/c13-10-3-1-2-4-11(10)16-8-7-15(6-5-14)9-12(16)17/h1-4H,5-9,14H2. The molecule has 0 spiro atoms. The number of amides is 1. The number of nitrogens with zero attached hydrogens (tertiary/aromatic N) is 2. The summed E-state index contributed by atoms with van der Waals surface area (Å²) in [4.78, 5) is 15.4. The molecule has 1 aromatic carbocycles. The summed E-state index contributed by atoms with van der Waals surface area (Å²) in [6.07, 6.45) is 0. The van der Waals surface area contributed by atoms with Crippen LogP contribution in [0.5, 0.6) is 0 Å². The van der Waals surface area contributed by atoms with Gasteiger partial charge in [0.2, 0.25) is 5.91 Å². The lowest BCUT2D eigenvalue weighted by molar-refractivity contribution is -0.121. The first kappa shape index (κ1) is 12.0. The molecule has 0 saturated carbocycles. The van der Waals surface area contributed by atoms with E-state index in [0.29, 0.717) is 31.9 Å². The number of carbonyl (C=O) groups is 1. The van der Waals surface area contributed by atoms with Gasteiger partial charge in [0.15, 0.2) is 0 Å². The number of para-hydroxylation sites is 1. The van der Waals surface area contributed by atoms with Crippen molar-refractivity contribution >= 4 is 11.6 Å². The number of halogens is 1. The summed E-state index contributed by atoms with van der Waals surface area (Å²) in [5.74, 6) is -0.428. The molecule has 1 fully saturated rings. The lowest BCUT2D eigenvalue weighted by atomic mass is 10.2. The van der Waals surface area contributed by atoms with Crippen LogP contribution in [-0.4, -0.2) is 43.5 Å². The highest BCUT2D eigenvalue weighted by molar-refractivity contribution is 5.95. The molecule has 1 aliphatic rings. The predicted molar refractivity (Wildman–Crippen MR) is 64.2 cm³/mol. The molecule has 5 heteroatoms. The van der Waals surface area contributed by atoms with Gasteiger partial charge in [-0.05, 0) is 12.1 Å². The molecule has 0 bridgehead atoms. The molecular weight excluding hydrogens is 221 g/mol. The van der Waals surface area contributed by atoms with E-state index in [4.69, 9.17) is 5.73 Å². The van der Waals surface area contributed by atoms with Crippen LogP contribution in [0.4, 0.5) is 10.1 Å². The van der Waals surface area contributed by atoms with Gasteiger partial charge in [0.05, 0.1) is 12.2 Å². The normalized spacial score (nSPS) is 17.5. The van der Waals surface area contributed by atoms with E-state index in [1.807, 2.05) is 4.90 Å². The maximum atomic E-state index is 13.6. The van der Waals surface area contributed by atoms with Crippen molar-refractivity contribution in [1.29, 1.82) is 0 Å². The van der Waals surface area contributed by atoms with Crippen molar-refractivity contribution in [2.24, 2.45) is 5.73 Å². The molecule has 0 aromatic heterocycles. The Morgan fingerprint density at radius 1 is 1.29 bits per heavy atom. The molecule has 0 atom stereocenters. The summed E-state index contributed by atoms with van der Waals surface area (Å²) in [6, 6.07) is 6.35. The minimum Gasteiger partial charge on any atom is -0.329 e. The van der Waals surface area contributed by atoms with E-state index >= 15 is 0 Å². The summed E-state index contributed by atoms with van der Waals surface area (Å²) in [5, 5.41) is 0. The Balaban J connectivity index is 2.10. The zero-order valence-electron chi connectivity index (χ0n) is 9.60. The van der Waals surface area contributed by atoms with Crippen molar-refractivity contribution < 1.29 is 9.18 Å². The van der Waals surface area contributed by atoms with Gasteiger partial charge in [0.1, 0.15) is 5.82 Å². The Kier molecular flexibility index (Phi) is 3.71. The lowest BCUT2D eigenvalue weighted by Crippen LogP contribution is -2.51. The number of anilines is 1. The number of rotatable bonds is 3. The Morgan fingerprint density at radius 3 is 2.71 bits per heavy atom. The molecule has 4 nitrogen and oxygen atoms in total. The molecular formula is C12H16FN3O. The molecule has 0 unspecified atom stereocenters. The lowest BCUT2D eigenvalue weighted by Gasteiger charge is -2.34. The van der Waals surface area contributed by atoms with Gasteiger partial charge < -0.3 is 10.6 Å². The van der Waals surface area contributed by atoms with Crippen molar-refractivity contribution in [2.45, 2.75) is 0 Å². The molecule has 0 radical (unpaired) electrons. The number of piperazine rings is 1. The predicted octanol–water partition coefficient (Wildman–Crippen LogP) is 0.433. The van der Waals surface area contributed by atoms with E-state index in [0.717, 1.165) is 6.54 Å². The molecule has 2 rings (SSSR count). The van der Waals surface area contributed by atoms with Crippen LogP contribution in [0.15, 0.2) is 24.3 Å². The molecule has 1 aromatic rings. The highest BCUT2D eigenvalue weighted by Crippen LogP contribution is 2.20. The second-order valence-corrected chi connectivity index (χ2v) is 4.06. The number of benzene rings is 1. The summed E-state index contributed by atoms with van der Waals surface area (Å²) in [7, 11) is 0. The Labute approximate surface area is 99.8 Å². The second kappa shape index (κ2) is 5.25. The van der Waals surface area contributed by atoms with E-state index in [9.17, 15) is 9.18 Å². The van der Waals surface area contributed by atoms with E-state index in [2.05, 4.69) is 0 Å². The minimum atomic E-state index is -0.354. The van der Waals surface area contributed by atoms with E-state index < -0.39 is 0 Å². The summed E-state index contributed by atoms with van der Waals surface area (Å²) in [5.41, 5.74) is 5.81. The van der Waals surface area contributed by atoms with Crippen molar-refractivity contribution in [3.05, 3.63) is 30.1 Å². The number of carbonyl (C=O) groups excluding carboxylic acids is 1. The largest absolute Gasteiger partial charge is 0.329 e. The molecule has 1 heterocycles. The zero-order chi connectivity index (χ0) is 12.3. The first-order chi connectivity index (χ1) is 8.22. The van der Waals surface area contributed by atoms with Gasteiger partial charge in [-0.25, -0.2) is 4.39 Å². The molecule has 2 N–H and O–H groups in total. The zero-order valence-corrected chi connectivity index (χ0v) is 9.60. The number of nitrogens with two attached hydrogens (primary N) is 1. The molecule has 92 valence electrons. The molecule has 17 heavy (non-hydrogen) atoms. The fourth-order valence-corrected chi connectivity index (χ4v) is 2.02. The Bertz CT molecular complexity index is 410. The third-order valence-corrected chi connectivity index (χ3v) is 2.89. The highest BCUT2D eigenvalue weighted by Gasteiger charge is 2.25. The second-order valence-electron chi connectivity index (χ2n) is 4.06. The molecule has 1 saturated heterocycles. The van der Waals surface area contributed by atoms with E-state index in [1.54, 1.807) is 18.2 Å². The van der Waals surface area contributed by atoms with Crippen LogP contribution >= 0.6 is 0 Å². The number of hydrogen-bond donors (Lipinski definition) is 1. The van der Waals surface area contributed by atoms with Gasteiger partial charge in [-0.1, -0.05) is 12.1 Å². The van der Waals surface area contributed by atoms with Gasteiger partial charge in [0, 0.05) is 26.2 Å². The maximum Gasteiger partial charge on any atom is 0.241 e. The smallest absolute Gasteiger partial charge is 0.241 e. The summed E-state index contributed by atoms with van der Waals surface area (Å²) in [6.45, 7) is 2.80. The third-order valence-electron chi connectivity index (χ3n) is 2.89. The van der Waals surface area contributed by atoms with Crippen LogP contribution in [0, 0.1) is 5.82 Å². The maximum absolute atomic E-state index is 13.6. The summed E-state index contributed by atoms with van der Waals surface area (Å²) >= 11 is 0. The quantitative estimate of drug-likeness (QED) is 0.829. The van der Waals surface area contributed by atoms with Gasteiger partial charge in [-0.3, -0.25) is 9.69 Å². The molecule has 0 aliphatic carbocycles. The minimum absolute atomic E-state index is 0.0743. The monoisotopic (exact) mass is 237 g/mol. The summed E-state index contributed by atoms with van der Waals surface area (Å²) < 4.78 is 13.6. The van der Waals surface area contributed by atoms with Gasteiger partial charge in [-0.2, -0.15) is 0 Å². The van der Waals surface area contributed by atoms with E-state index in [-0.39, 0.29) is 11.7 Å². The van der Waals surface area contributed by atoms with Crippen molar-refractivity contribution in [3.8, 4) is 0 Å². The topological polar surface area (TPSA) is 49.6 Å². The fourth-order valence-electron chi connectivity index (χ4n) is 2.02. The average molecular weight is 237 g/mol. The van der Waals surface area contributed by atoms with Crippen LogP contribution in [-0.2, 0) is 4.79 Å². The van der Waals surface area contributed by atoms with Crippen LogP contribution in [0.2, 0.25) is 0 Å². The van der Waals surface area contributed by atoms with Gasteiger partial charge in [0.25, 0.3) is 0 Å². The van der Waals surface area contributed by atoms with E-state index in [1.165, 1.54) is 11.0 Å². The van der Waals surface area contributed by atoms with Crippen LogP contribution < -0.4 is 10.6 Å². The Hall–Kier alpha value is -1.46. The molecule has 1 aliphatic heterocycles. The van der Waals surface area contributed by atoms with Crippen LogP contribution in [0.3, 0.4) is 0 Å². The third kappa shape index (κ3) is 2.62. The first-order valence-corrected chi connectivity index (χ1v) is 5.69. The number of hydrogen-bond acceptors (Lipinski definition) is 3. The average Bonchev–Trinajstić information content (AvgIpc) is 2.31. The Morgan fingerprint density at radius 2 is 2.06 bits per heavy atom. The van der Waals surface area contributed by atoms with Crippen LogP contribution in [0.25, 0.3) is 0 Å². The van der Waals surface area contributed by atoms with Gasteiger partial charge >= 0.3 is 0 Å². The highest BCUT2D eigenvalue weighted by atomic mass is 19.1. The van der Waals surface area contributed by atoms with Gasteiger partial charge in [-0.15, -0.1) is 0 Å². The van der Waals surface area contributed by atoms with Crippen molar-refractivity contribution in [1.82, 2.24) is 4.90 Å². The molecule has 1 amide bonds. The van der Waals surface area contributed by atoms with Crippen molar-refractivity contribution in [2.75, 3.05) is 37.6 Å². The van der Waals surface area contributed by atoms with Crippen LogP contribution in [0.1, 0.15) is 0 Å². The first-order valence-electron chi connectivity index (χ1n) is 5.69.